The zero-order chi connectivity index (χ0) is 22.0. The van der Waals surface area contributed by atoms with Crippen LogP contribution in [0.3, 0.4) is 0 Å². The molecule has 176 valence electrons. The fourth-order valence-electron chi connectivity index (χ4n) is 3.46. The molecule has 0 amide bonds. The van der Waals surface area contributed by atoms with Gasteiger partial charge in [-0.1, -0.05) is 103 Å². The van der Waals surface area contributed by atoms with Crippen molar-refractivity contribution < 1.29 is 28.7 Å². The van der Waals surface area contributed by atoms with Gasteiger partial charge in [0.25, 0.3) is 0 Å². The van der Waals surface area contributed by atoms with Crippen LogP contribution in [-0.2, 0) is 9.13 Å². The Morgan fingerprint density at radius 1 is 0.586 bits per heavy atom. The highest BCUT2D eigenvalue weighted by molar-refractivity contribution is 7.70. The molecule has 0 aliphatic rings. The van der Waals surface area contributed by atoms with Crippen LogP contribution in [0.4, 0.5) is 0 Å². The lowest BCUT2D eigenvalue weighted by molar-refractivity contribution is 0.336. The molecule has 7 nitrogen and oxygen atoms in total. The Bertz CT molecular complexity index is 444. The van der Waals surface area contributed by atoms with Gasteiger partial charge >= 0.3 is 15.2 Å². The number of nitrogens with one attached hydrogen (secondary N) is 1. The van der Waals surface area contributed by atoms with Gasteiger partial charge in [-0.25, -0.2) is 0 Å². The molecule has 0 aliphatic heterocycles. The minimum atomic E-state index is -4.82. The van der Waals surface area contributed by atoms with Gasteiger partial charge in [0.1, 0.15) is 0 Å². The molecule has 0 saturated carbocycles. The first-order chi connectivity index (χ1) is 13.7. The summed E-state index contributed by atoms with van der Waals surface area (Å²) >= 11 is 0. The third-order valence-corrected chi connectivity index (χ3v) is 9.03. The summed E-state index contributed by atoms with van der Waals surface area (Å²) in [4.78, 5) is 36.1. The molecule has 0 spiro atoms. The van der Waals surface area contributed by atoms with Crippen LogP contribution in [-0.4, -0.2) is 38.1 Å². The van der Waals surface area contributed by atoms with Crippen molar-refractivity contribution in [3.8, 4) is 0 Å². The van der Waals surface area contributed by atoms with E-state index in [4.69, 9.17) is 19.6 Å². The van der Waals surface area contributed by atoms with Crippen LogP contribution in [0.15, 0.2) is 0 Å². The highest BCUT2D eigenvalue weighted by atomic mass is 31.2. The highest BCUT2D eigenvalue weighted by Gasteiger charge is 2.42. The highest BCUT2D eigenvalue weighted by Crippen LogP contribution is 2.59. The van der Waals surface area contributed by atoms with Gasteiger partial charge in [-0.15, -0.1) is 0 Å². The van der Waals surface area contributed by atoms with Crippen LogP contribution >= 0.6 is 15.2 Å². The van der Waals surface area contributed by atoms with Crippen molar-refractivity contribution in [2.45, 2.75) is 115 Å². The molecule has 0 atom stereocenters. The standard InChI is InChI=1S/C20H45NO6P2/c1-2-3-4-5-6-7-8-9-10-11-12-13-14-15-16-17-18-21-19-20(28(22,23)24)29(25,26)27/h20-21H,2-19H2,1H3,(H2,22,23,24)(H2,25,26,27). The van der Waals surface area contributed by atoms with Crippen molar-refractivity contribution in [3.05, 3.63) is 0 Å². The molecule has 9 heteroatoms. The summed E-state index contributed by atoms with van der Waals surface area (Å²) in [5, 5.41) is 0.816. The minimum Gasteiger partial charge on any atom is -0.324 e. The molecular weight excluding hydrogens is 412 g/mol. The largest absolute Gasteiger partial charge is 0.342 e. The number of hydrogen-bond donors (Lipinski definition) is 5. The quantitative estimate of drug-likeness (QED) is 0.113. The Morgan fingerprint density at radius 2 is 0.897 bits per heavy atom. The monoisotopic (exact) mass is 457 g/mol. The summed E-state index contributed by atoms with van der Waals surface area (Å²) in [7, 11) is -9.63. The van der Waals surface area contributed by atoms with Crippen molar-refractivity contribution in [1.29, 1.82) is 0 Å². The van der Waals surface area contributed by atoms with E-state index >= 15 is 0 Å². The maximum Gasteiger partial charge on any atom is 0.342 e. The Labute approximate surface area is 177 Å². The smallest absolute Gasteiger partial charge is 0.324 e. The van der Waals surface area contributed by atoms with Crippen LogP contribution in [0.25, 0.3) is 0 Å². The molecule has 0 bridgehead atoms. The molecule has 0 rings (SSSR count). The normalized spacial score (nSPS) is 12.8. The average Bonchev–Trinajstić information content (AvgIpc) is 2.61. The summed E-state index contributed by atoms with van der Waals surface area (Å²) in [5.41, 5.74) is 0. The Kier molecular flexibility index (Phi) is 18.1. The van der Waals surface area contributed by atoms with Gasteiger partial charge in [0.05, 0.1) is 0 Å². The van der Waals surface area contributed by atoms with E-state index in [1.54, 1.807) is 0 Å². The van der Waals surface area contributed by atoms with Crippen LogP contribution in [0.5, 0.6) is 0 Å². The van der Waals surface area contributed by atoms with Crippen molar-refractivity contribution in [1.82, 2.24) is 5.32 Å². The molecule has 0 aromatic heterocycles. The third-order valence-electron chi connectivity index (χ3n) is 5.31. The second-order valence-corrected chi connectivity index (χ2v) is 12.2. The fraction of sp³-hybridized carbons (Fsp3) is 1.00. The Morgan fingerprint density at radius 3 is 1.21 bits per heavy atom. The maximum absolute atomic E-state index is 11.2. The van der Waals surface area contributed by atoms with Crippen LogP contribution in [0, 0.1) is 0 Å². The van der Waals surface area contributed by atoms with Gasteiger partial charge in [-0.2, -0.15) is 0 Å². The van der Waals surface area contributed by atoms with E-state index in [0.717, 1.165) is 19.3 Å². The molecule has 0 aliphatic carbocycles. The summed E-state index contributed by atoms with van der Waals surface area (Å²) in [6.45, 7) is 2.39. The van der Waals surface area contributed by atoms with Crippen molar-refractivity contribution in [2.75, 3.05) is 13.1 Å². The lowest BCUT2D eigenvalue weighted by Gasteiger charge is -2.19. The second-order valence-electron chi connectivity index (χ2n) is 8.17. The molecular formula is C20H45NO6P2. The summed E-state index contributed by atoms with van der Waals surface area (Å²) < 4.78 is 22.3. The zero-order valence-corrected chi connectivity index (χ0v) is 20.1. The first-order valence-electron chi connectivity index (χ1n) is 11.5. The molecule has 0 radical (unpaired) electrons. The first kappa shape index (κ1) is 29.3. The molecule has 0 heterocycles. The second kappa shape index (κ2) is 17.9. The van der Waals surface area contributed by atoms with Gasteiger partial charge in [0.15, 0.2) is 5.40 Å². The minimum absolute atomic E-state index is 0.368. The van der Waals surface area contributed by atoms with Crippen molar-refractivity contribution in [3.63, 3.8) is 0 Å². The summed E-state index contributed by atoms with van der Waals surface area (Å²) in [5.74, 6) is 0. The molecule has 0 unspecified atom stereocenters. The number of rotatable bonds is 21. The van der Waals surface area contributed by atoms with Crippen LogP contribution < -0.4 is 5.32 Å². The van der Waals surface area contributed by atoms with E-state index in [0.29, 0.717) is 6.54 Å². The van der Waals surface area contributed by atoms with Crippen LogP contribution in [0.2, 0.25) is 0 Å². The van der Waals surface area contributed by atoms with E-state index in [9.17, 15) is 9.13 Å². The summed E-state index contributed by atoms with van der Waals surface area (Å²) in [6, 6.07) is 0. The Balaban J connectivity index is 3.38. The molecule has 0 fully saturated rings. The van der Waals surface area contributed by atoms with Crippen molar-refractivity contribution >= 4 is 15.2 Å². The fourth-order valence-corrected chi connectivity index (χ4v) is 5.76. The molecule has 0 aromatic rings. The van der Waals surface area contributed by atoms with E-state index in [2.05, 4.69) is 12.2 Å². The predicted octanol–water partition coefficient (Wildman–Crippen LogP) is 5.52. The first-order valence-corrected chi connectivity index (χ1v) is 14.9. The van der Waals surface area contributed by atoms with E-state index < -0.39 is 20.6 Å². The van der Waals surface area contributed by atoms with E-state index in [1.165, 1.54) is 83.5 Å². The van der Waals surface area contributed by atoms with E-state index in [-0.39, 0.29) is 6.54 Å². The molecule has 5 N–H and O–H groups in total. The summed E-state index contributed by atoms with van der Waals surface area (Å²) in [6.07, 6.45) is 20.4. The van der Waals surface area contributed by atoms with Gasteiger partial charge in [0.2, 0.25) is 0 Å². The van der Waals surface area contributed by atoms with Gasteiger partial charge in [-0.05, 0) is 13.0 Å². The topological polar surface area (TPSA) is 127 Å². The Hall–Kier alpha value is 0.260. The lowest BCUT2D eigenvalue weighted by Crippen LogP contribution is -2.27. The SMILES string of the molecule is CCCCCCCCCCCCCCCCCCNCC(P(=O)(O)O)P(=O)(O)O. The lowest BCUT2D eigenvalue weighted by atomic mass is 10.0. The predicted molar refractivity (Wildman–Crippen MR) is 120 cm³/mol. The van der Waals surface area contributed by atoms with Crippen molar-refractivity contribution in [2.24, 2.45) is 0 Å². The number of hydrogen-bond acceptors (Lipinski definition) is 3. The van der Waals surface area contributed by atoms with Gasteiger partial charge in [-0.3, -0.25) is 9.13 Å². The van der Waals surface area contributed by atoms with E-state index in [1.807, 2.05) is 0 Å². The van der Waals surface area contributed by atoms with Gasteiger partial charge < -0.3 is 24.9 Å². The molecule has 0 saturated heterocycles. The van der Waals surface area contributed by atoms with Gasteiger partial charge in [0, 0.05) is 6.54 Å². The average molecular weight is 458 g/mol. The zero-order valence-electron chi connectivity index (χ0n) is 18.3. The maximum atomic E-state index is 11.2. The molecule has 29 heavy (non-hydrogen) atoms. The third kappa shape index (κ3) is 18.7. The van der Waals surface area contributed by atoms with Crippen LogP contribution in [0.1, 0.15) is 110 Å². The molecule has 0 aromatic carbocycles. The number of unbranched alkanes of at least 4 members (excludes halogenated alkanes) is 15.